The van der Waals surface area contributed by atoms with Crippen molar-refractivity contribution in [3.63, 3.8) is 0 Å². The van der Waals surface area contributed by atoms with Gasteiger partial charge in [-0.25, -0.2) is 0 Å². The van der Waals surface area contributed by atoms with Crippen LogP contribution < -0.4 is 11.1 Å². The predicted octanol–water partition coefficient (Wildman–Crippen LogP) is 2.41. The van der Waals surface area contributed by atoms with Gasteiger partial charge < -0.3 is 11.1 Å². The van der Waals surface area contributed by atoms with Crippen LogP contribution in [0.5, 0.6) is 0 Å². The second-order valence-electron chi connectivity index (χ2n) is 4.31. The van der Waals surface area contributed by atoms with Crippen LogP contribution in [0.3, 0.4) is 0 Å². The zero-order valence-electron chi connectivity index (χ0n) is 10.4. The normalized spacial score (nSPS) is 12.2. The van der Waals surface area contributed by atoms with E-state index in [1.54, 1.807) is 6.07 Å². The van der Waals surface area contributed by atoms with Crippen molar-refractivity contribution in [2.45, 2.75) is 40.2 Å². The summed E-state index contributed by atoms with van der Waals surface area (Å²) in [7, 11) is 0. The van der Waals surface area contributed by atoms with Crippen molar-refractivity contribution in [3.05, 3.63) is 28.8 Å². The molecule has 16 heavy (non-hydrogen) atoms. The Morgan fingerprint density at radius 1 is 1.38 bits per heavy atom. The van der Waals surface area contributed by atoms with Gasteiger partial charge in [-0.1, -0.05) is 13.0 Å². The average molecular weight is 220 g/mol. The zero-order chi connectivity index (χ0) is 12.3. The number of hydrogen-bond donors (Lipinski definition) is 2. The first kappa shape index (κ1) is 12.6. The fraction of sp³-hybridized carbons (Fsp3) is 0.462. The summed E-state index contributed by atoms with van der Waals surface area (Å²) in [4.78, 5) is 11.9. The van der Waals surface area contributed by atoms with Crippen LogP contribution in [-0.2, 0) is 0 Å². The number of benzene rings is 1. The summed E-state index contributed by atoms with van der Waals surface area (Å²) in [6, 6.07) is 3.89. The fourth-order valence-electron chi connectivity index (χ4n) is 1.52. The maximum Gasteiger partial charge on any atom is 0.251 e. The van der Waals surface area contributed by atoms with Crippen LogP contribution in [0.25, 0.3) is 0 Å². The summed E-state index contributed by atoms with van der Waals surface area (Å²) in [5, 5.41) is 2.94. The molecule has 1 atom stereocenters. The smallest absolute Gasteiger partial charge is 0.251 e. The largest absolute Gasteiger partial charge is 0.398 e. The van der Waals surface area contributed by atoms with Crippen LogP contribution in [0.4, 0.5) is 5.69 Å². The van der Waals surface area contributed by atoms with Crippen LogP contribution in [0.1, 0.15) is 41.8 Å². The highest BCUT2D eigenvalue weighted by Gasteiger charge is 2.12. The van der Waals surface area contributed by atoms with Gasteiger partial charge in [-0.05, 0) is 44.4 Å². The molecule has 0 spiro atoms. The molecule has 0 bridgehead atoms. The quantitative estimate of drug-likeness (QED) is 0.769. The minimum absolute atomic E-state index is 0.0430. The lowest BCUT2D eigenvalue weighted by Gasteiger charge is -2.14. The number of carbonyl (C=O) groups excluding carboxylic acids is 1. The lowest BCUT2D eigenvalue weighted by Crippen LogP contribution is -2.32. The van der Waals surface area contributed by atoms with E-state index in [9.17, 15) is 4.79 Å². The minimum Gasteiger partial charge on any atom is -0.398 e. The number of anilines is 1. The van der Waals surface area contributed by atoms with Crippen LogP contribution in [0, 0.1) is 13.8 Å². The molecule has 1 unspecified atom stereocenters. The van der Waals surface area contributed by atoms with E-state index >= 15 is 0 Å². The molecule has 88 valence electrons. The van der Waals surface area contributed by atoms with E-state index in [4.69, 9.17) is 5.73 Å². The number of nitrogens with one attached hydrogen (secondary N) is 1. The molecule has 3 N–H and O–H groups in total. The van der Waals surface area contributed by atoms with Crippen molar-refractivity contribution in [1.29, 1.82) is 0 Å². The van der Waals surface area contributed by atoms with Crippen LogP contribution >= 0.6 is 0 Å². The standard InChI is InChI=1S/C13H20N2O/c1-5-10(4)15-13(16)11-7-12(14)9(3)6-8(11)2/h6-7,10H,5,14H2,1-4H3,(H,15,16). The van der Waals surface area contributed by atoms with Gasteiger partial charge in [-0.15, -0.1) is 0 Å². The van der Waals surface area contributed by atoms with Crippen molar-refractivity contribution in [3.8, 4) is 0 Å². The Morgan fingerprint density at radius 3 is 2.56 bits per heavy atom. The van der Waals surface area contributed by atoms with Gasteiger partial charge in [0.1, 0.15) is 0 Å². The van der Waals surface area contributed by atoms with E-state index in [1.165, 1.54) is 0 Å². The second-order valence-corrected chi connectivity index (χ2v) is 4.31. The number of aryl methyl sites for hydroxylation is 2. The molecule has 0 saturated carbocycles. The van der Waals surface area contributed by atoms with E-state index < -0.39 is 0 Å². The highest BCUT2D eigenvalue weighted by Crippen LogP contribution is 2.17. The Balaban J connectivity index is 2.96. The van der Waals surface area contributed by atoms with E-state index in [0.29, 0.717) is 11.3 Å². The Labute approximate surface area is 97.0 Å². The maximum absolute atomic E-state index is 11.9. The van der Waals surface area contributed by atoms with Crippen molar-refractivity contribution < 1.29 is 4.79 Å². The molecule has 0 saturated heterocycles. The Hall–Kier alpha value is -1.51. The summed E-state index contributed by atoms with van der Waals surface area (Å²) < 4.78 is 0. The molecule has 0 aliphatic heterocycles. The van der Waals surface area contributed by atoms with E-state index in [2.05, 4.69) is 5.32 Å². The van der Waals surface area contributed by atoms with E-state index in [-0.39, 0.29) is 11.9 Å². The van der Waals surface area contributed by atoms with Crippen LogP contribution in [-0.4, -0.2) is 11.9 Å². The molecule has 1 amide bonds. The number of rotatable bonds is 3. The number of nitrogen functional groups attached to an aromatic ring is 1. The van der Waals surface area contributed by atoms with Gasteiger partial charge >= 0.3 is 0 Å². The summed E-state index contributed by atoms with van der Waals surface area (Å²) >= 11 is 0. The lowest BCUT2D eigenvalue weighted by molar-refractivity contribution is 0.0938. The van der Waals surface area contributed by atoms with Crippen LogP contribution in [0.2, 0.25) is 0 Å². The molecule has 1 rings (SSSR count). The van der Waals surface area contributed by atoms with Crippen molar-refractivity contribution >= 4 is 11.6 Å². The molecule has 0 heterocycles. The van der Waals surface area contributed by atoms with Gasteiger partial charge in [0.05, 0.1) is 0 Å². The predicted molar refractivity (Wildman–Crippen MR) is 67.5 cm³/mol. The fourth-order valence-corrected chi connectivity index (χ4v) is 1.52. The second kappa shape index (κ2) is 5.01. The molecule has 3 heteroatoms. The van der Waals surface area contributed by atoms with Gasteiger partial charge in [-0.2, -0.15) is 0 Å². The van der Waals surface area contributed by atoms with Crippen LogP contribution in [0.15, 0.2) is 12.1 Å². The summed E-state index contributed by atoms with van der Waals surface area (Å²) in [5.41, 5.74) is 9.12. The first-order valence-corrected chi connectivity index (χ1v) is 5.63. The maximum atomic E-state index is 11.9. The lowest BCUT2D eigenvalue weighted by atomic mass is 10.0. The third-order valence-electron chi connectivity index (χ3n) is 2.85. The first-order chi connectivity index (χ1) is 7.45. The van der Waals surface area contributed by atoms with Crippen molar-refractivity contribution in [2.24, 2.45) is 0 Å². The Kier molecular flexibility index (Phi) is 3.93. The molecular weight excluding hydrogens is 200 g/mol. The SMILES string of the molecule is CCC(C)NC(=O)c1cc(N)c(C)cc1C. The molecule has 0 aliphatic rings. The van der Waals surface area contributed by atoms with Crippen molar-refractivity contribution in [1.82, 2.24) is 5.32 Å². The molecule has 0 fully saturated rings. The summed E-state index contributed by atoms with van der Waals surface area (Å²) in [6.07, 6.45) is 0.923. The molecule has 1 aromatic rings. The zero-order valence-corrected chi connectivity index (χ0v) is 10.4. The summed E-state index contributed by atoms with van der Waals surface area (Å²) in [6.45, 7) is 7.91. The van der Waals surface area contributed by atoms with E-state index in [0.717, 1.165) is 17.5 Å². The van der Waals surface area contributed by atoms with Gasteiger partial charge in [0.15, 0.2) is 0 Å². The molecule has 1 aromatic carbocycles. The number of nitrogens with two attached hydrogens (primary N) is 1. The van der Waals surface area contributed by atoms with Gasteiger partial charge in [-0.3, -0.25) is 4.79 Å². The van der Waals surface area contributed by atoms with Crippen molar-refractivity contribution in [2.75, 3.05) is 5.73 Å². The first-order valence-electron chi connectivity index (χ1n) is 5.63. The number of carbonyl (C=O) groups is 1. The molecule has 0 aliphatic carbocycles. The molecule has 0 aromatic heterocycles. The average Bonchev–Trinajstić information content (AvgIpc) is 2.23. The van der Waals surface area contributed by atoms with E-state index in [1.807, 2.05) is 33.8 Å². The van der Waals surface area contributed by atoms with Gasteiger partial charge in [0, 0.05) is 17.3 Å². The summed E-state index contributed by atoms with van der Waals surface area (Å²) in [5.74, 6) is -0.0430. The highest BCUT2D eigenvalue weighted by atomic mass is 16.1. The Bertz CT molecular complexity index is 399. The highest BCUT2D eigenvalue weighted by molar-refractivity contribution is 5.96. The number of amides is 1. The molecule has 0 radical (unpaired) electrons. The Morgan fingerprint density at radius 2 is 2.00 bits per heavy atom. The van der Waals surface area contributed by atoms with Gasteiger partial charge in [0.2, 0.25) is 0 Å². The third-order valence-corrected chi connectivity index (χ3v) is 2.85. The monoisotopic (exact) mass is 220 g/mol. The minimum atomic E-state index is -0.0430. The topological polar surface area (TPSA) is 55.1 Å². The third kappa shape index (κ3) is 2.75. The number of hydrogen-bond acceptors (Lipinski definition) is 2. The van der Waals surface area contributed by atoms with Gasteiger partial charge in [0.25, 0.3) is 5.91 Å². The molecule has 3 nitrogen and oxygen atoms in total. The molecular formula is C13H20N2O.